The van der Waals surface area contributed by atoms with E-state index in [9.17, 15) is 0 Å². The number of aromatic nitrogens is 1. The van der Waals surface area contributed by atoms with Gasteiger partial charge in [-0.15, -0.1) is 0 Å². The van der Waals surface area contributed by atoms with Crippen LogP contribution >= 0.6 is 0 Å². The first-order chi connectivity index (χ1) is 7.25. The molecule has 0 atom stereocenters. The number of rotatable bonds is 2. The van der Waals surface area contributed by atoms with E-state index < -0.39 is 0 Å². The summed E-state index contributed by atoms with van der Waals surface area (Å²) in [5.41, 5.74) is 12.9. The van der Waals surface area contributed by atoms with Crippen molar-refractivity contribution in [3.05, 3.63) is 23.9 Å². The second kappa shape index (κ2) is 4.62. The van der Waals surface area contributed by atoms with E-state index in [0.29, 0.717) is 11.9 Å². The minimum absolute atomic E-state index is 0.424. The third-order valence-electron chi connectivity index (χ3n) is 3.33. The highest BCUT2D eigenvalue weighted by Crippen LogP contribution is 2.27. The molecule has 1 aromatic rings. The molecule has 15 heavy (non-hydrogen) atoms. The molecule has 1 aliphatic rings. The van der Waals surface area contributed by atoms with E-state index >= 15 is 0 Å². The first kappa shape index (κ1) is 10.4. The van der Waals surface area contributed by atoms with E-state index in [0.717, 1.165) is 25.2 Å². The molecule has 0 unspecified atom stereocenters. The number of pyridine rings is 1. The summed E-state index contributed by atoms with van der Waals surface area (Å²) < 4.78 is 0. The van der Waals surface area contributed by atoms with Crippen molar-refractivity contribution >= 4 is 5.82 Å². The largest absolute Gasteiger partial charge is 0.383 e. The zero-order chi connectivity index (χ0) is 10.7. The van der Waals surface area contributed by atoms with Crippen molar-refractivity contribution in [3.63, 3.8) is 0 Å². The van der Waals surface area contributed by atoms with E-state index in [1.165, 1.54) is 18.4 Å². The lowest BCUT2D eigenvalue weighted by Crippen LogP contribution is -2.27. The van der Waals surface area contributed by atoms with Gasteiger partial charge in [-0.1, -0.05) is 6.07 Å². The molecular weight excluding hydrogens is 186 g/mol. The van der Waals surface area contributed by atoms with Gasteiger partial charge in [0.15, 0.2) is 0 Å². The van der Waals surface area contributed by atoms with Gasteiger partial charge in [-0.25, -0.2) is 4.98 Å². The molecule has 0 bridgehead atoms. The SMILES string of the molecule is Nc1ncccc1CC1CCC(N)CC1. The van der Waals surface area contributed by atoms with Crippen LogP contribution in [0.15, 0.2) is 18.3 Å². The minimum Gasteiger partial charge on any atom is -0.383 e. The van der Waals surface area contributed by atoms with Gasteiger partial charge in [0.2, 0.25) is 0 Å². The van der Waals surface area contributed by atoms with Gasteiger partial charge in [-0.2, -0.15) is 0 Å². The summed E-state index contributed by atoms with van der Waals surface area (Å²) in [5.74, 6) is 1.43. The van der Waals surface area contributed by atoms with E-state index in [1.54, 1.807) is 6.20 Å². The summed E-state index contributed by atoms with van der Waals surface area (Å²) in [7, 11) is 0. The monoisotopic (exact) mass is 205 g/mol. The van der Waals surface area contributed by atoms with Crippen molar-refractivity contribution in [1.29, 1.82) is 0 Å². The fraction of sp³-hybridized carbons (Fsp3) is 0.583. The van der Waals surface area contributed by atoms with Crippen molar-refractivity contribution in [3.8, 4) is 0 Å². The lowest BCUT2D eigenvalue weighted by Gasteiger charge is -2.26. The Hall–Kier alpha value is -1.09. The smallest absolute Gasteiger partial charge is 0.126 e. The predicted molar refractivity (Wildman–Crippen MR) is 62.3 cm³/mol. The van der Waals surface area contributed by atoms with Crippen LogP contribution in [0.1, 0.15) is 31.2 Å². The highest BCUT2D eigenvalue weighted by atomic mass is 14.8. The summed E-state index contributed by atoms with van der Waals surface area (Å²) in [6.45, 7) is 0. The van der Waals surface area contributed by atoms with Gasteiger partial charge in [0, 0.05) is 12.2 Å². The molecule has 1 aromatic heterocycles. The average molecular weight is 205 g/mol. The van der Waals surface area contributed by atoms with Crippen molar-refractivity contribution in [1.82, 2.24) is 4.98 Å². The first-order valence-electron chi connectivity index (χ1n) is 5.70. The third kappa shape index (κ3) is 2.69. The summed E-state index contributed by atoms with van der Waals surface area (Å²) in [4.78, 5) is 4.11. The summed E-state index contributed by atoms with van der Waals surface area (Å²) >= 11 is 0. The Kier molecular flexibility index (Phi) is 3.21. The van der Waals surface area contributed by atoms with E-state index in [1.807, 2.05) is 6.07 Å². The Balaban J connectivity index is 1.95. The van der Waals surface area contributed by atoms with Gasteiger partial charge in [0.25, 0.3) is 0 Å². The van der Waals surface area contributed by atoms with Crippen LogP contribution in [0, 0.1) is 5.92 Å². The molecule has 0 aliphatic heterocycles. The molecule has 3 nitrogen and oxygen atoms in total. The van der Waals surface area contributed by atoms with E-state index in [-0.39, 0.29) is 0 Å². The second-order valence-electron chi connectivity index (χ2n) is 4.53. The molecule has 0 spiro atoms. The molecule has 1 saturated carbocycles. The number of anilines is 1. The van der Waals surface area contributed by atoms with Crippen LogP contribution in [0.3, 0.4) is 0 Å². The maximum atomic E-state index is 5.88. The maximum Gasteiger partial charge on any atom is 0.126 e. The van der Waals surface area contributed by atoms with Crippen molar-refractivity contribution in [2.45, 2.75) is 38.1 Å². The highest BCUT2D eigenvalue weighted by Gasteiger charge is 2.19. The fourth-order valence-corrected chi connectivity index (χ4v) is 2.33. The molecule has 0 aromatic carbocycles. The molecule has 0 amide bonds. The number of nitrogens with zero attached hydrogens (tertiary/aromatic N) is 1. The van der Waals surface area contributed by atoms with E-state index in [2.05, 4.69) is 11.1 Å². The maximum absolute atomic E-state index is 5.88. The Bertz CT molecular complexity index is 316. The molecule has 2 rings (SSSR count). The summed E-state index contributed by atoms with van der Waals surface area (Å²) in [5, 5.41) is 0. The molecule has 82 valence electrons. The molecule has 3 heteroatoms. The molecule has 0 saturated heterocycles. The van der Waals surface area contributed by atoms with E-state index in [4.69, 9.17) is 11.5 Å². The lowest BCUT2D eigenvalue weighted by atomic mass is 9.83. The van der Waals surface area contributed by atoms with Crippen LogP contribution in [0.5, 0.6) is 0 Å². The normalized spacial score (nSPS) is 26.5. The summed E-state index contributed by atoms with van der Waals surface area (Å²) in [6.07, 6.45) is 7.59. The predicted octanol–water partition coefficient (Wildman–Crippen LogP) is 1.72. The topological polar surface area (TPSA) is 64.9 Å². The lowest BCUT2D eigenvalue weighted by molar-refractivity contribution is 0.325. The van der Waals surface area contributed by atoms with Crippen LogP contribution in [0.4, 0.5) is 5.82 Å². The second-order valence-corrected chi connectivity index (χ2v) is 4.53. The molecule has 0 radical (unpaired) electrons. The van der Waals surface area contributed by atoms with Crippen LogP contribution in [-0.4, -0.2) is 11.0 Å². The third-order valence-corrected chi connectivity index (χ3v) is 3.33. The molecule has 4 N–H and O–H groups in total. The zero-order valence-corrected chi connectivity index (χ0v) is 9.02. The quantitative estimate of drug-likeness (QED) is 0.772. The van der Waals surface area contributed by atoms with Crippen LogP contribution in [0.2, 0.25) is 0 Å². The van der Waals surface area contributed by atoms with Gasteiger partial charge in [0.1, 0.15) is 5.82 Å². The van der Waals surface area contributed by atoms with Gasteiger partial charge >= 0.3 is 0 Å². The molecule has 1 aliphatic carbocycles. The summed E-state index contributed by atoms with van der Waals surface area (Å²) in [6, 6.07) is 4.46. The van der Waals surface area contributed by atoms with Crippen LogP contribution in [-0.2, 0) is 6.42 Å². The van der Waals surface area contributed by atoms with Crippen LogP contribution < -0.4 is 11.5 Å². The fourth-order valence-electron chi connectivity index (χ4n) is 2.33. The van der Waals surface area contributed by atoms with Gasteiger partial charge in [-0.3, -0.25) is 0 Å². The standard InChI is InChI=1S/C12H19N3/c13-11-5-3-9(4-6-11)8-10-2-1-7-15-12(10)14/h1-2,7,9,11H,3-6,8,13H2,(H2,14,15). The number of hydrogen-bond donors (Lipinski definition) is 2. The Morgan fingerprint density at radius 2 is 2.00 bits per heavy atom. The molecule has 1 fully saturated rings. The van der Waals surface area contributed by atoms with Gasteiger partial charge < -0.3 is 11.5 Å². The number of nitrogens with two attached hydrogens (primary N) is 2. The number of nitrogen functional groups attached to an aromatic ring is 1. The Morgan fingerprint density at radius 1 is 1.27 bits per heavy atom. The van der Waals surface area contributed by atoms with Gasteiger partial charge in [0.05, 0.1) is 0 Å². The zero-order valence-electron chi connectivity index (χ0n) is 9.02. The minimum atomic E-state index is 0.424. The average Bonchev–Trinajstić information content (AvgIpc) is 2.25. The van der Waals surface area contributed by atoms with Crippen molar-refractivity contribution < 1.29 is 0 Å². The number of hydrogen-bond acceptors (Lipinski definition) is 3. The van der Waals surface area contributed by atoms with Crippen molar-refractivity contribution in [2.75, 3.05) is 5.73 Å². The molecule has 1 heterocycles. The highest BCUT2D eigenvalue weighted by molar-refractivity contribution is 5.38. The first-order valence-corrected chi connectivity index (χ1v) is 5.70. The van der Waals surface area contributed by atoms with Gasteiger partial charge in [-0.05, 0) is 49.7 Å². The van der Waals surface area contributed by atoms with Crippen LogP contribution in [0.25, 0.3) is 0 Å². The molecular formula is C12H19N3. The Labute approximate surface area is 90.9 Å². The Morgan fingerprint density at radius 3 is 2.67 bits per heavy atom. The van der Waals surface area contributed by atoms with Crippen molar-refractivity contribution in [2.24, 2.45) is 11.7 Å².